The molecule has 2 atom stereocenters. The van der Waals surface area contributed by atoms with Crippen LogP contribution in [0.3, 0.4) is 0 Å². The highest BCUT2D eigenvalue weighted by atomic mass is 16.6. The molecule has 0 bridgehead atoms. The van der Waals surface area contributed by atoms with E-state index in [0.29, 0.717) is 24.7 Å². The molecule has 0 aliphatic carbocycles. The van der Waals surface area contributed by atoms with Crippen LogP contribution >= 0.6 is 0 Å². The van der Waals surface area contributed by atoms with E-state index in [2.05, 4.69) is 0 Å². The van der Waals surface area contributed by atoms with Gasteiger partial charge in [-0.1, -0.05) is 231 Å². The summed E-state index contributed by atoms with van der Waals surface area (Å²) in [5.74, 6) is 0.470. The van der Waals surface area contributed by atoms with Crippen molar-refractivity contribution in [2.75, 3.05) is 0 Å². The van der Waals surface area contributed by atoms with Crippen LogP contribution in [-0.4, -0.2) is 46.0 Å². The van der Waals surface area contributed by atoms with Crippen LogP contribution in [0.25, 0.3) is 0 Å². The van der Waals surface area contributed by atoms with Gasteiger partial charge in [-0.3, -0.25) is 9.59 Å². The Morgan fingerprint density at radius 1 is 0.316 bits per heavy atom. The minimum Gasteiger partial charge on any atom is -0.489 e. The van der Waals surface area contributed by atoms with Gasteiger partial charge in [0.05, 0.1) is 0 Å². The van der Waals surface area contributed by atoms with Crippen molar-refractivity contribution in [2.45, 2.75) is 49.3 Å². The Hall–Kier alpha value is -9.54. The van der Waals surface area contributed by atoms with Gasteiger partial charge in [0.2, 0.25) is 0 Å². The molecule has 0 spiro atoms. The number of benzene rings is 9. The first-order chi connectivity index (χ1) is 37.3. The number of imide groups is 2. The highest BCUT2D eigenvalue weighted by molar-refractivity contribution is 6.03. The Morgan fingerprint density at radius 3 is 0.803 bits per heavy atom. The second-order valence-electron chi connectivity index (χ2n) is 18.8. The number of carbonyl (C=O) groups is 4. The molecule has 2 aliphatic heterocycles. The number of cyclic esters (lactones) is 2. The van der Waals surface area contributed by atoms with E-state index in [9.17, 15) is 19.2 Å². The van der Waals surface area contributed by atoms with Crippen molar-refractivity contribution < 1.29 is 38.1 Å². The van der Waals surface area contributed by atoms with Crippen LogP contribution < -0.4 is 9.47 Å². The van der Waals surface area contributed by atoms with Crippen molar-refractivity contribution in [3.63, 3.8) is 0 Å². The third kappa shape index (κ3) is 9.37. The molecule has 9 aromatic carbocycles. The largest absolute Gasteiger partial charge is 0.489 e. The normalized spacial score (nSPS) is 15.6. The van der Waals surface area contributed by atoms with Gasteiger partial charge in [0, 0.05) is 12.8 Å². The average molecular weight is 1000 g/mol. The van der Waals surface area contributed by atoms with Crippen LogP contribution in [0, 0.1) is 0 Å². The lowest BCUT2D eigenvalue weighted by molar-refractivity contribution is -0.132. The van der Waals surface area contributed by atoms with Gasteiger partial charge in [-0.05, 0) is 79.9 Å². The molecule has 0 N–H and O–H groups in total. The van der Waals surface area contributed by atoms with Crippen LogP contribution in [-0.2, 0) is 56.2 Å². The summed E-state index contributed by atoms with van der Waals surface area (Å²) in [7, 11) is 0. The van der Waals surface area contributed by atoms with Crippen molar-refractivity contribution in [2.24, 2.45) is 0 Å². The van der Waals surface area contributed by atoms with Gasteiger partial charge in [0.1, 0.15) is 35.8 Å². The highest BCUT2D eigenvalue weighted by Crippen LogP contribution is 2.47. The summed E-state index contributed by atoms with van der Waals surface area (Å²) >= 11 is 0. The van der Waals surface area contributed by atoms with E-state index in [1.165, 1.54) is 9.80 Å². The Labute approximate surface area is 441 Å². The SMILES string of the molecule is O=C1OC(Cc2ccc(OCc3ccc(COc4ccc(CC5OC(=O)N(C(c6ccccc6)(c6ccccc6)c6ccccc6)C5=O)cc4)cc3)cc2)C(=O)N1C(c1ccccc1)(c1ccccc1)c1ccccc1. The van der Waals surface area contributed by atoms with Crippen LogP contribution in [0.1, 0.15) is 55.6 Å². The molecule has 9 aromatic rings. The molecule has 0 aromatic heterocycles. The molecule has 2 heterocycles. The predicted molar refractivity (Wildman–Crippen MR) is 288 cm³/mol. The van der Waals surface area contributed by atoms with E-state index in [-0.39, 0.29) is 12.8 Å². The van der Waals surface area contributed by atoms with Crippen molar-refractivity contribution in [1.82, 2.24) is 9.80 Å². The quantitative estimate of drug-likeness (QED) is 0.0782. The summed E-state index contributed by atoms with van der Waals surface area (Å²) in [5.41, 5.74) is 5.63. The molecule has 2 saturated heterocycles. The second-order valence-corrected chi connectivity index (χ2v) is 18.8. The van der Waals surface area contributed by atoms with Gasteiger partial charge in [-0.15, -0.1) is 0 Å². The van der Waals surface area contributed by atoms with Gasteiger partial charge < -0.3 is 18.9 Å². The van der Waals surface area contributed by atoms with E-state index in [0.717, 1.165) is 55.6 Å². The Kier molecular flexibility index (Phi) is 13.8. The summed E-state index contributed by atoms with van der Waals surface area (Å²) in [5, 5.41) is 0. The number of hydrogen-bond acceptors (Lipinski definition) is 8. The molecule has 10 heteroatoms. The Balaban J connectivity index is 0.695. The molecule has 0 saturated carbocycles. The smallest absolute Gasteiger partial charge is 0.418 e. The minimum atomic E-state index is -1.26. The van der Waals surface area contributed by atoms with E-state index < -0.39 is 47.3 Å². The fourth-order valence-corrected chi connectivity index (χ4v) is 10.6. The van der Waals surface area contributed by atoms with Crippen molar-refractivity contribution in [1.29, 1.82) is 0 Å². The zero-order valence-electron chi connectivity index (χ0n) is 41.4. The third-order valence-corrected chi connectivity index (χ3v) is 14.2. The zero-order chi connectivity index (χ0) is 51.9. The number of rotatable bonds is 18. The summed E-state index contributed by atoms with van der Waals surface area (Å²) in [6.07, 6.45) is -3.05. The molecular weight excluding hydrogens is 949 g/mol. The monoisotopic (exact) mass is 1000 g/mol. The van der Waals surface area contributed by atoms with E-state index in [1.807, 2.05) is 255 Å². The summed E-state index contributed by atoms with van der Waals surface area (Å²) in [6, 6.07) is 80.5. The maximum atomic E-state index is 14.5. The molecule has 4 amide bonds. The van der Waals surface area contributed by atoms with Crippen molar-refractivity contribution in [3.05, 3.63) is 310 Å². The van der Waals surface area contributed by atoms with Crippen LogP contribution in [0.5, 0.6) is 11.5 Å². The summed E-state index contributed by atoms with van der Waals surface area (Å²) in [6.45, 7) is 0.664. The first-order valence-electron chi connectivity index (χ1n) is 25.3. The maximum Gasteiger partial charge on any atom is 0.418 e. The topological polar surface area (TPSA) is 112 Å². The van der Waals surface area contributed by atoms with Gasteiger partial charge in [0.15, 0.2) is 12.2 Å². The van der Waals surface area contributed by atoms with Crippen LogP contribution in [0.2, 0.25) is 0 Å². The average Bonchev–Trinajstić information content (AvgIpc) is 3.93. The molecular formula is C66H52N2O8. The molecule has 2 unspecified atom stereocenters. The molecule has 10 nitrogen and oxygen atoms in total. The summed E-state index contributed by atoms with van der Waals surface area (Å²) < 4.78 is 24.1. The minimum absolute atomic E-state index is 0.197. The lowest BCUT2D eigenvalue weighted by Crippen LogP contribution is -2.51. The third-order valence-electron chi connectivity index (χ3n) is 14.2. The molecule has 11 rings (SSSR count). The number of ether oxygens (including phenoxy) is 4. The zero-order valence-corrected chi connectivity index (χ0v) is 41.4. The Morgan fingerprint density at radius 2 is 0.553 bits per heavy atom. The fourth-order valence-electron chi connectivity index (χ4n) is 10.6. The predicted octanol–water partition coefficient (Wildman–Crippen LogP) is 12.6. The van der Waals surface area contributed by atoms with E-state index >= 15 is 0 Å². The van der Waals surface area contributed by atoms with Gasteiger partial charge in [-0.2, -0.15) is 0 Å². The number of carbonyl (C=O) groups excluding carboxylic acids is 4. The van der Waals surface area contributed by atoms with E-state index in [4.69, 9.17) is 18.9 Å². The lowest BCUT2D eigenvalue weighted by atomic mass is 9.75. The maximum absolute atomic E-state index is 14.5. The molecule has 374 valence electrons. The molecule has 2 fully saturated rings. The standard InChI is InChI=1S/C66H52N2O8/c69-61-59(75-63(71)67(61)65(51-19-7-1-8-20-51,52-21-9-2-10-22-52)53-23-11-3-12-24-53)43-47-35-39-57(40-36-47)73-45-49-31-33-50(34-32-49)46-74-58-41-37-48(38-42-58)44-60-62(70)68(64(72)76-60)66(54-25-13-4-14-26-54,55-27-15-5-16-28-55)56-29-17-6-18-30-56/h1-42,59-60H,43-46H2. The van der Waals surface area contributed by atoms with Crippen LogP contribution in [0.15, 0.2) is 255 Å². The lowest BCUT2D eigenvalue weighted by Gasteiger charge is -2.40. The van der Waals surface area contributed by atoms with Crippen LogP contribution in [0.4, 0.5) is 9.59 Å². The van der Waals surface area contributed by atoms with Gasteiger partial charge >= 0.3 is 12.2 Å². The van der Waals surface area contributed by atoms with E-state index in [1.54, 1.807) is 0 Å². The molecule has 0 radical (unpaired) electrons. The Bertz CT molecular complexity index is 3010. The molecule has 2 aliphatic rings. The summed E-state index contributed by atoms with van der Waals surface area (Å²) in [4.78, 5) is 59.5. The molecule has 76 heavy (non-hydrogen) atoms. The highest BCUT2D eigenvalue weighted by Gasteiger charge is 2.56. The van der Waals surface area contributed by atoms with Crippen molar-refractivity contribution >= 4 is 24.0 Å². The first kappa shape index (κ1) is 48.7. The second kappa shape index (κ2) is 21.5. The van der Waals surface area contributed by atoms with Crippen molar-refractivity contribution in [3.8, 4) is 11.5 Å². The first-order valence-corrected chi connectivity index (χ1v) is 25.3. The number of hydrogen-bond donors (Lipinski definition) is 0. The number of amides is 4. The van der Waals surface area contributed by atoms with Gasteiger partial charge in [-0.25, -0.2) is 19.4 Å². The fraction of sp³-hybridized carbons (Fsp3) is 0.121. The van der Waals surface area contributed by atoms with Gasteiger partial charge in [0.25, 0.3) is 11.8 Å². The number of nitrogens with zero attached hydrogens (tertiary/aromatic N) is 2.